The van der Waals surface area contributed by atoms with Crippen LogP contribution in [0.5, 0.6) is 0 Å². The highest BCUT2D eigenvalue weighted by atomic mass is 16.6. The largest absolute Gasteiger partial charge is 0.394 e. The molecule has 0 aliphatic heterocycles. The predicted molar refractivity (Wildman–Crippen MR) is 138 cm³/mol. The van der Waals surface area contributed by atoms with E-state index in [0.29, 0.717) is 48.5 Å². The van der Waals surface area contributed by atoms with Crippen LogP contribution in [0.25, 0.3) is 0 Å². The van der Waals surface area contributed by atoms with E-state index in [-0.39, 0.29) is 5.41 Å². The number of oxime groups is 1. The van der Waals surface area contributed by atoms with E-state index in [4.69, 9.17) is 15.3 Å². The number of aliphatic hydroxyl groups is 1. The molecule has 34 heavy (non-hydrogen) atoms. The van der Waals surface area contributed by atoms with Crippen LogP contribution in [0.4, 0.5) is 0 Å². The number of rotatable bonds is 9. The number of hydrogen-bond donors (Lipinski definition) is 2. The smallest absolute Gasteiger partial charge is 0.132 e. The highest BCUT2D eigenvalue weighted by Gasteiger charge is 2.67. The molecule has 0 amide bonds. The summed E-state index contributed by atoms with van der Waals surface area (Å²) in [4.78, 5) is 7.78. The SMILES string of the molecule is CC(CO/N=C/C1CC[C@@]2(O)[C@@H]3CCC4CC(OCCCN)CC[C@]4(C)[C@@H]3CC[C@]12C)N(C)C. The molecule has 0 aromatic heterocycles. The van der Waals surface area contributed by atoms with Crippen molar-refractivity contribution < 1.29 is 14.7 Å². The summed E-state index contributed by atoms with van der Waals surface area (Å²) in [7, 11) is 4.12. The number of hydrogen-bond acceptors (Lipinski definition) is 6. The van der Waals surface area contributed by atoms with Crippen LogP contribution in [0.1, 0.15) is 85.0 Å². The van der Waals surface area contributed by atoms with Crippen LogP contribution < -0.4 is 5.73 Å². The Bertz CT molecular complexity index is 717. The van der Waals surface area contributed by atoms with E-state index in [0.717, 1.165) is 51.0 Å². The minimum Gasteiger partial charge on any atom is -0.394 e. The molecule has 6 heteroatoms. The molecular weight excluding hydrogens is 426 g/mol. The van der Waals surface area contributed by atoms with Crippen molar-refractivity contribution in [2.45, 2.75) is 103 Å². The fourth-order valence-electron chi connectivity index (χ4n) is 8.37. The maximum absolute atomic E-state index is 12.3. The van der Waals surface area contributed by atoms with Crippen molar-refractivity contribution in [1.82, 2.24) is 4.90 Å². The molecule has 196 valence electrons. The minimum absolute atomic E-state index is 0.0973. The van der Waals surface area contributed by atoms with Gasteiger partial charge in [0.15, 0.2) is 0 Å². The molecule has 3 N–H and O–H groups in total. The average molecular weight is 478 g/mol. The molecule has 4 fully saturated rings. The van der Waals surface area contributed by atoms with E-state index in [1.54, 1.807) is 0 Å². The van der Waals surface area contributed by atoms with Gasteiger partial charge >= 0.3 is 0 Å². The molecule has 0 spiro atoms. The summed E-state index contributed by atoms with van der Waals surface area (Å²) in [5.41, 5.74) is 5.32. The maximum atomic E-state index is 12.3. The number of nitrogens with zero attached hydrogens (tertiary/aromatic N) is 2. The number of likely N-dealkylation sites (N-methyl/N-ethyl adjacent to an activating group) is 1. The van der Waals surface area contributed by atoms with E-state index in [9.17, 15) is 5.11 Å². The molecule has 0 bridgehead atoms. The van der Waals surface area contributed by atoms with Gasteiger partial charge in [-0.05, 0) is 115 Å². The topological polar surface area (TPSA) is 80.3 Å². The van der Waals surface area contributed by atoms with Crippen LogP contribution in [0.3, 0.4) is 0 Å². The summed E-state index contributed by atoms with van der Waals surface area (Å²) in [6.45, 7) is 9.13. The first-order valence-corrected chi connectivity index (χ1v) is 14.0. The van der Waals surface area contributed by atoms with Crippen LogP contribution in [0, 0.1) is 34.5 Å². The molecule has 0 aromatic rings. The molecule has 4 rings (SSSR count). The second kappa shape index (κ2) is 10.4. The van der Waals surface area contributed by atoms with Gasteiger partial charge in [-0.25, -0.2) is 0 Å². The first-order chi connectivity index (χ1) is 16.2. The second-order valence-corrected chi connectivity index (χ2v) is 12.8. The highest BCUT2D eigenvalue weighted by Crippen LogP contribution is 2.68. The van der Waals surface area contributed by atoms with Crippen molar-refractivity contribution >= 4 is 6.21 Å². The van der Waals surface area contributed by atoms with Gasteiger partial charge in [0.2, 0.25) is 0 Å². The Balaban J connectivity index is 1.41. The zero-order valence-electron chi connectivity index (χ0n) is 22.5. The lowest BCUT2D eigenvalue weighted by molar-refractivity contribution is -0.207. The summed E-state index contributed by atoms with van der Waals surface area (Å²) < 4.78 is 6.19. The van der Waals surface area contributed by atoms with Gasteiger partial charge in [-0.1, -0.05) is 19.0 Å². The van der Waals surface area contributed by atoms with Gasteiger partial charge in [0, 0.05) is 30.2 Å². The van der Waals surface area contributed by atoms with Crippen molar-refractivity contribution in [3.05, 3.63) is 0 Å². The number of nitrogens with two attached hydrogens (primary N) is 1. The molecular formula is C28H51N3O3. The van der Waals surface area contributed by atoms with Crippen LogP contribution in [-0.2, 0) is 9.57 Å². The van der Waals surface area contributed by atoms with Crippen molar-refractivity contribution in [2.24, 2.45) is 45.4 Å². The van der Waals surface area contributed by atoms with Gasteiger partial charge in [0.1, 0.15) is 6.61 Å². The van der Waals surface area contributed by atoms with Crippen LogP contribution >= 0.6 is 0 Å². The summed E-state index contributed by atoms with van der Waals surface area (Å²) in [6, 6.07) is 0.334. The lowest BCUT2D eigenvalue weighted by Gasteiger charge is -2.63. The Kier molecular flexibility index (Phi) is 8.03. The fraction of sp³-hybridized carbons (Fsp3) is 0.964. The summed E-state index contributed by atoms with van der Waals surface area (Å²) >= 11 is 0. The first-order valence-electron chi connectivity index (χ1n) is 14.0. The van der Waals surface area contributed by atoms with Crippen molar-refractivity contribution in [3.63, 3.8) is 0 Å². The Labute approximate surface area is 208 Å². The number of fused-ring (bicyclic) bond motifs is 5. The lowest BCUT2D eigenvalue weighted by atomic mass is 9.43. The third-order valence-electron chi connectivity index (χ3n) is 11.1. The molecule has 4 aliphatic carbocycles. The van der Waals surface area contributed by atoms with E-state index >= 15 is 0 Å². The lowest BCUT2D eigenvalue weighted by Crippen LogP contribution is -2.62. The Morgan fingerprint density at radius 1 is 1.09 bits per heavy atom. The van der Waals surface area contributed by atoms with Gasteiger partial charge in [0.25, 0.3) is 0 Å². The van der Waals surface area contributed by atoms with E-state index in [2.05, 4.69) is 44.9 Å². The van der Waals surface area contributed by atoms with Gasteiger partial charge in [0.05, 0.1) is 11.7 Å². The first kappa shape index (κ1) is 26.4. The fourth-order valence-corrected chi connectivity index (χ4v) is 8.37. The quantitative estimate of drug-likeness (QED) is 0.291. The Hall–Kier alpha value is -0.690. The van der Waals surface area contributed by atoms with E-state index < -0.39 is 5.60 Å². The molecule has 6 nitrogen and oxygen atoms in total. The van der Waals surface area contributed by atoms with Crippen molar-refractivity contribution in [3.8, 4) is 0 Å². The molecule has 4 saturated carbocycles. The van der Waals surface area contributed by atoms with Crippen molar-refractivity contribution in [2.75, 3.05) is 33.9 Å². The average Bonchev–Trinajstić information content (AvgIpc) is 3.07. The van der Waals surface area contributed by atoms with Crippen LogP contribution in [0.15, 0.2) is 5.16 Å². The molecule has 0 saturated heterocycles. The molecule has 9 atom stereocenters. The molecule has 4 unspecified atom stereocenters. The van der Waals surface area contributed by atoms with E-state index in [1.165, 1.54) is 25.7 Å². The monoisotopic (exact) mass is 477 g/mol. The van der Waals surface area contributed by atoms with Gasteiger partial charge in [-0.3, -0.25) is 0 Å². The molecule has 4 aliphatic rings. The van der Waals surface area contributed by atoms with Gasteiger partial charge in [-0.2, -0.15) is 0 Å². The zero-order chi connectivity index (χ0) is 24.6. The summed E-state index contributed by atoms with van der Waals surface area (Å²) in [6.07, 6.45) is 13.6. The molecule has 0 aromatic carbocycles. The third kappa shape index (κ3) is 4.57. The van der Waals surface area contributed by atoms with Crippen LogP contribution in [0.2, 0.25) is 0 Å². The predicted octanol–water partition coefficient (Wildman–Crippen LogP) is 4.45. The number of ether oxygens (including phenoxy) is 1. The van der Waals surface area contributed by atoms with Crippen molar-refractivity contribution in [1.29, 1.82) is 0 Å². The second-order valence-electron chi connectivity index (χ2n) is 12.8. The van der Waals surface area contributed by atoms with Crippen LogP contribution in [-0.4, -0.2) is 67.8 Å². The summed E-state index contributed by atoms with van der Waals surface area (Å²) in [5.74, 6) is 2.06. The highest BCUT2D eigenvalue weighted by molar-refractivity contribution is 5.63. The molecule has 0 radical (unpaired) electrons. The summed E-state index contributed by atoms with van der Waals surface area (Å²) in [5, 5.41) is 16.7. The van der Waals surface area contributed by atoms with Gasteiger partial charge < -0.3 is 25.3 Å². The third-order valence-corrected chi connectivity index (χ3v) is 11.1. The Morgan fingerprint density at radius 2 is 1.88 bits per heavy atom. The maximum Gasteiger partial charge on any atom is 0.132 e. The normalized spacial score (nSPS) is 45.1. The minimum atomic E-state index is -0.577. The zero-order valence-corrected chi connectivity index (χ0v) is 22.5. The standard InChI is InChI=1S/C28H51N3O3/c1-20(31(4)5)19-34-30-18-22-9-14-28(32)25-8-7-21-17-23(33-16-6-15-29)10-12-26(21,2)24(25)11-13-27(22,28)3/h18,20-25,32H,6-17,19,29H2,1-5H3/b30-18+/t20?,21?,22?,23?,24-,25-,26+,27-,28-/m1/s1. The molecule has 0 heterocycles. The van der Waals surface area contributed by atoms with Gasteiger partial charge in [-0.15, -0.1) is 0 Å². The van der Waals surface area contributed by atoms with E-state index in [1.807, 2.05) is 6.21 Å². The Morgan fingerprint density at radius 3 is 2.62 bits per heavy atom.